The molecule has 4 nitrogen and oxygen atoms in total. The fourth-order valence-electron chi connectivity index (χ4n) is 1.98. The normalized spacial score (nSPS) is 10.6. The van der Waals surface area contributed by atoms with E-state index in [1.165, 1.54) is 12.5 Å². The quantitative estimate of drug-likeness (QED) is 0.140. The maximum atomic E-state index is 11.8. The van der Waals surface area contributed by atoms with Crippen molar-refractivity contribution in [2.75, 3.05) is 6.61 Å². The summed E-state index contributed by atoms with van der Waals surface area (Å²) in [4.78, 5) is 23.4. The van der Waals surface area contributed by atoms with E-state index < -0.39 is 11.9 Å². The molecule has 0 radical (unpaired) electrons. The molecule has 0 unspecified atom stereocenters. The molecule has 0 aliphatic heterocycles. The molecule has 0 fully saturated rings. The maximum absolute atomic E-state index is 11.8. The molecule has 0 aliphatic carbocycles. The van der Waals surface area contributed by atoms with Crippen molar-refractivity contribution < 1.29 is 19.1 Å². The monoisotopic (exact) mass is 428 g/mol. The Morgan fingerprint density at radius 2 is 1.52 bits per heavy atom. The van der Waals surface area contributed by atoms with Crippen LogP contribution in [0, 0.1) is 0 Å². The predicted octanol–water partition coefficient (Wildman–Crippen LogP) is 6.50. The summed E-state index contributed by atoms with van der Waals surface area (Å²) >= 11 is 23.6. The predicted molar refractivity (Wildman–Crippen MR) is 101 cm³/mol. The SMILES string of the molecule is CCCCCCCOC(=O)CCC(=O)Oc1c(Cl)cc(Cl)c(Cl)c1Cl. The van der Waals surface area contributed by atoms with E-state index in [0.717, 1.165) is 25.7 Å². The van der Waals surface area contributed by atoms with E-state index in [4.69, 9.17) is 55.9 Å². The highest BCUT2D eigenvalue weighted by molar-refractivity contribution is 6.50. The first-order valence-corrected chi connectivity index (χ1v) is 9.57. The number of hydrogen-bond acceptors (Lipinski definition) is 4. The smallest absolute Gasteiger partial charge is 0.311 e. The van der Waals surface area contributed by atoms with Crippen molar-refractivity contribution in [3.63, 3.8) is 0 Å². The third-order valence-corrected chi connectivity index (χ3v) is 4.86. The third kappa shape index (κ3) is 8.04. The van der Waals surface area contributed by atoms with E-state index in [1.54, 1.807) is 0 Å². The van der Waals surface area contributed by atoms with Crippen molar-refractivity contribution >= 4 is 58.3 Å². The molecule has 1 aromatic rings. The van der Waals surface area contributed by atoms with Crippen LogP contribution in [0.5, 0.6) is 5.75 Å². The first kappa shape index (κ1) is 22.4. The first-order valence-electron chi connectivity index (χ1n) is 8.06. The van der Waals surface area contributed by atoms with Crippen molar-refractivity contribution in [1.82, 2.24) is 0 Å². The van der Waals surface area contributed by atoms with Crippen LogP contribution in [0.2, 0.25) is 20.1 Å². The van der Waals surface area contributed by atoms with Crippen LogP contribution in [0.4, 0.5) is 0 Å². The van der Waals surface area contributed by atoms with Crippen LogP contribution in [-0.2, 0) is 14.3 Å². The number of halogens is 4. The largest absolute Gasteiger partial charge is 0.466 e. The molecule has 0 spiro atoms. The number of carbonyl (C=O) groups excluding carboxylic acids is 2. The lowest BCUT2D eigenvalue weighted by molar-refractivity contribution is -0.147. The molecule has 0 aliphatic rings. The Kier molecular flexibility index (Phi) is 10.6. The van der Waals surface area contributed by atoms with Crippen LogP contribution in [0.25, 0.3) is 0 Å². The second kappa shape index (κ2) is 11.8. The topological polar surface area (TPSA) is 52.6 Å². The number of esters is 2. The molecule has 140 valence electrons. The summed E-state index contributed by atoms with van der Waals surface area (Å²) in [6.45, 7) is 2.50. The molecule has 8 heteroatoms. The van der Waals surface area contributed by atoms with Crippen LogP contribution in [0.3, 0.4) is 0 Å². The van der Waals surface area contributed by atoms with Crippen molar-refractivity contribution in [3.05, 3.63) is 26.2 Å². The van der Waals surface area contributed by atoms with Crippen LogP contribution in [0.15, 0.2) is 6.07 Å². The van der Waals surface area contributed by atoms with Gasteiger partial charge in [0.05, 0.1) is 34.5 Å². The van der Waals surface area contributed by atoms with Crippen LogP contribution < -0.4 is 4.74 Å². The van der Waals surface area contributed by atoms with Gasteiger partial charge in [-0.25, -0.2) is 0 Å². The Morgan fingerprint density at radius 3 is 2.20 bits per heavy atom. The van der Waals surface area contributed by atoms with E-state index >= 15 is 0 Å². The lowest BCUT2D eigenvalue weighted by Gasteiger charge is -2.10. The van der Waals surface area contributed by atoms with E-state index in [0.29, 0.717) is 6.61 Å². The van der Waals surface area contributed by atoms with Crippen molar-refractivity contribution in [1.29, 1.82) is 0 Å². The van der Waals surface area contributed by atoms with E-state index in [9.17, 15) is 9.59 Å². The highest BCUT2D eigenvalue weighted by Gasteiger charge is 2.18. The number of hydrogen-bond donors (Lipinski definition) is 0. The zero-order valence-electron chi connectivity index (χ0n) is 13.9. The van der Waals surface area contributed by atoms with Gasteiger partial charge in [0.25, 0.3) is 0 Å². The number of rotatable bonds is 10. The fraction of sp³-hybridized carbons (Fsp3) is 0.529. The second-order valence-corrected chi connectivity index (χ2v) is 6.98. The standard InChI is InChI=1S/C17H20Cl4O4/c1-2-3-4-5-6-9-24-13(22)7-8-14(23)25-17-12(19)10-11(18)15(20)16(17)21/h10H,2-9H2,1H3. The molecular weight excluding hydrogens is 410 g/mol. The summed E-state index contributed by atoms with van der Waals surface area (Å²) in [5.74, 6) is -1.19. The van der Waals surface area contributed by atoms with Gasteiger partial charge in [0.15, 0.2) is 5.75 Å². The van der Waals surface area contributed by atoms with Gasteiger partial charge in [-0.05, 0) is 12.5 Å². The second-order valence-electron chi connectivity index (χ2n) is 5.41. The number of benzene rings is 1. The van der Waals surface area contributed by atoms with Gasteiger partial charge < -0.3 is 9.47 Å². The molecule has 0 bridgehead atoms. The lowest BCUT2D eigenvalue weighted by atomic mass is 10.2. The molecule has 0 aromatic heterocycles. The Bertz CT molecular complexity index is 605. The van der Waals surface area contributed by atoms with Crippen LogP contribution in [-0.4, -0.2) is 18.5 Å². The third-order valence-electron chi connectivity index (χ3n) is 3.33. The highest BCUT2D eigenvalue weighted by atomic mass is 35.5. The molecule has 0 saturated heterocycles. The minimum Gasteiger partial charge on any atom is -0.466 e. The van der Waals surface area contributed by atoms with E-state index in [-0.39, 0.29) is 38.7 Å². The zero-order valence-corrected chi connectivity index (χ0v) is 16.9. The molecule has 0 atom stereocenters. The summed E-state index contributed by atoms with van der Waals surface area (Å²) in [6, 6.07) is 1.33. The fourth-order valence-corrected chi connectivity index (χ4v) is 2.96. The van der Waals surface area contributed by atoms with Gasteiger partial charge in [0.2, 0.25) is 0 Å². The highest BCUT2D eigenvalue weighted by Crippen LogP contribution is 2.42. The molecule has 25 heavy (non-hydrogen) atoms. The maximum Gasteiger partial charge on any atom is 0.311 e. The Labute approximate surface area is 167 Å². The van der Waals surface area contributed by atoms with E-state index in [1.807, 2.05) is 0 Å². The number of carbonyl (C=O) groups is 2. The summed E-state index contributed by atoms with van der Waals surface area (Å²) in [6.07, 6.45) is 5.09. The Morgan fingerprint density at radius 1 is 0.880 bits per heavy atom. The van der Waals surface area contributed by atoms with Gasteiger partial charge in [-0.1, -0.05) is 79.0 Å². The van der Waals surface area contributed by atoms with Gasteiger partial charge >= 0.3 is 11.9 Å². The molecule has 0 saturated carbocycles. The number of unbranched alkanes of at least 4 members (excludes halogenated alkanes) is 4. The molecule has 1 rings (SSSR count). The summed E-state index contributed by atoms with van der Waals surface area (Å²) < 4.78 is 10.1. The zero-order chi connectivity index (χ0) is 18.8. The molecule has 0 heterocycles. The van der Waals surface area contributed by atoms with Gasteiger partial charge in [0.1, 0.15) is 5.02 Å². The molecule has 0 amide bonds. The van der Waals surface area contributed by atoms with Crippen molar-refractivity contribution in [3.8, 4) is 5.75 Å². The van der Waals surface area contributed by atoms with Gasteiger partial charge in [-0.3, -0.25) is 9.59 Å². The average molecular weight is 430 g/mol. The molecular formula is C17H20Cl4O4. The van der Waals surface area contributed by atoms with Crippen molar-refractivity contribution in [2.24, 2.45) is 0 Å². The minimum atomic E-state index is -0.665. The molecule has 0 N–H and O–H groups in total. The van der Waals surface area contributed by atoms with Crippen molar-refractivity contribution in [2.45, 2.75) is 51.9 Å². The van der Waals surface area contributed by atoms with Crippen LogP contribution >= 0.6 is 46.4 Å². The average Bonchev–Trinajstić information content (AvgIpc) is 2.58. The first-order chi connectivity index (χ1) is 11.9. The Hall–Kier alpha value is -0.680. The van der Waals surface area contributed by atoms with Gasteiger partial charge in [0, 0.05) is 0 Å². The summed E-state index contributed by atoms with van der Waals surface area (Å²) in [7, 11) is 0. The molecule has 1 aromatic carbocycles. The summed E-state index contributed by atoms with van der Waals surface area (Å²) in [5.41, 5.74) is 0. The Balaban J connectivity index is 2.36. The summed E-state index contributed by atoms with van der Waals surface area (Å²) in [5, 5.41) is 0.196. The van der Waals surface area contributed by atoms with Crippen LogP contribution in [0.1, 0.15) is 51.9 Å². The number of ether oxygens (including phenoxy) is 2. The minimum absolute atomic E-state index is 0.0398. The van der Waals surface area contributed by atoms with Gasteiger partial charge in [-0.15, -0.1) is 0 Å². The lowest BCUT2D eigenvalue weighted by Crippen LogP contribution is -2.13. The van der Waals surface area contributed by atoms with Gasteiger partial charge in [-0.2, -0.15) is 0 Å². The van der Waals surface area contributed by atoms with E-state index in [2.05, 4.69) is 6.92 Å².